The van der Waals surface area contributed by atoms with Gasteiger partial charge in [-0.2, -0.15) is 0 Å². The lowest BCUT2D eigenvalue weighted by molar-refractivity contribution is -0.122. The van der Waals surface area contributed by atoms with Gasteiger partial charge in [-0.05, 0) is 64.7 Å². The molecule has 2 amide bonds. The number of carbonyl (C=O) groups is 2. The first-order chi connectivity index (χ1) is 14.6. The van der Waals surface area contributed by atoms with Crippen LogP contribution in [0.25, 0.3) is 0 Å². The minimum Gasteiger partial charge on any atom is -0.352 e. The first-order valence-electron chi connectivity index (χ1n) is 12.6. The zero-order chi connectivity index (χ0) is 21.6. The van der Waals surface area contributed by atoms with Crippen molar-refractivity contribution in [2.24, 2.45) is 0 Å². The summed E-state index contributed by atoms with van der Waals surface area (Å²) in [6.45, 7) is 10.6. The molecule has 2 fully saturated rings. The Morgan fingerprint density at radius 3 is 1.50 bits per heavy atom. The zero-order valence-corrected chi connectivity index (χ0v) is 19.6. The third-order valence-electron chi connectivity index (χ3n) is 6.58. The Bertz CT molecular complexity index is 456. The van der Waals surface area contributed by atoms with Gasteiger partial charge in [-0.15, -0.1) is 0 Å². The molecule has 2 atom stereocenters. The van der Waals surface area contributed by atoms with Gasteiger partial charge in [0.25, 0.3) is 0 Å². The predicted octanol–water partition coefficient (Wildman–Crippen LogP) is 3.31. The van der Waals surface area contributed by atoms with E-state index in [1.165, 1.54) is 77.5 Å². The number of likely N-dealkylation sites (tertiary alicyclic amines) is 2. The molecule has 174 valence electrons. The highest BCUT2D eigenvalue weighted by Gasteiger charge is 2.21. The molecule has 6 heteroatoms. The van der Waals surface area contributed by atoms with Crippen LogP contribution < -0.4 is 10.6 Å². The van der Waals surface area contributed by atoms with Gasteiger partial charge in [0.1, 0.15) is 0 Å². The summed E-state index contributed by atoms with van der Waals surface area (Å²) >= 11 is 0. The lowest BCUT2D eigenvalue weighted by atomic mass is 10.0. The van der Waals surface area contributed by atoms with Crippen LogP contribution in [-0.2, 0) is 9.59 Å². The highest BCUT2D eigenvalue weighted by molar-refractivity contribution is 5.76. The van der Waals surface area contributed by atoms with Crippen molar-refractivity contribution in [3.8, 4) is 0 Å². The number of unbranched alkanes of at least 4 members (excludes halogenated alkanes) is 5. The maximum atomic E-state index is 11.6. The molecule has 0 aliphatic carbocycles. The van der Waals surface area contributed by atoms with Gasteiger partial charge in [-0.3, -0.25) is 9.59 Å². The Morgan fingerprint density at radius 2 is 1.10 bits per heavy atom. The number of rotatable bonds is 13. The van der Waals surface area contributed by atoms with E-state index in [4.69, 9.17) is 0 Å². The number of nitrogens with one attached hydrogen (secondary N) is 2. The molecule has 6 nitrogen and oxygen atoms in total. The summed E-state index contributed by atoms with van der Waals surface area (Å²) in [7, 11) is 0. The van der Waals surface area contributed by atoms with E-state index in [2.05, 4.69) is 20.4 Å². The Morgan fingerprint density at radius 1 is 0.700 bits per heavy atom. The van der Waals surface area contributed by atoms with Gasteiger partial charge >= 0.3 is 0 Å². The molecule has 0 radical (unpaired) electrons. The van der Waals surface area contributed by atoms with Crippen LogP contribution in [0.1, 0.15) is 90.9 Å². The smallest absolute Gasteiger partial charge is 0.219 e. The van der Waals surface area contributed by atoms with Crippen LogP contribution in [0.2, 0.25) is 0 Å². The quantitative estimate of drug-likeness (QED) is 0.447. The summed E-state index contributed by atoms with van der Waals surface area (Å²) in [6, 6.07) is 0.715. The van der Waals surface area contributed by atoms with Crippen LogP contribution in [0.5, 0.6) is 0 Å². The maximum Gasteiger partial charge on any atom is 0.219 e. The minimum atomic E-state index is 0.188. The standard InChI is InChI=1S/C24H46N4O2/c1-3-23(29)25-21-13-11-17-27(19-21)15-9-7-5-6-8-10-16-28-18-12-14-22(20-28)26-24(30)4-2/h21-22H,3-20H2,1-2H3,(H,25,29)(H,26,30)/t21-,22-/m0/s1. The van der Waals surface area contributed by atoms with Gasteiger partial charge in [-0.25, -0.2) is 0 Å². The second-order valence-corrected chi connectivity index (χ2v) is 9.24. The molecule has 0 aromatic rings. The van der Waals surface area contributed by atoms with E-state index in [0.29, 0.717) is 24.9 Å². The highest BCUT2D eigenvalue weighted by atomic mass is 16.2. The molecular formula is C24H46N4O2. The van der Waals surface area contributed by atoms with Gasteiger partial charge in [0.2, 0.25) is 11.8 Å². The van der Waals surface area contributed by atoms with E-state index in [-0.39, 0.29) is 11.8 Å². The number of amides is 2. The number of hydrogen-bond acceptors (Lipinski definition) is 4. The van der Waals surface area contributed by atoms with Crippen molar-refractivity contribution in [2.75, 3.05) is 39.3 Å². The summed E-state index contributed by atoms with van der Waals surface area (Å²) in [4.78, 5) is 28.3. The molecule has 2 aliphatic heterocycles. The van der Waals surface area contributed by atoms with E-state index in [1.54, 1.807) is 0 Å². The number of carbonyl (C=O) groups excluding carboxylic acids is 2. The van der Waals surface area contributed by atoms with Crippen molar-refractivity contribution >= 4 is 11.8 Å². The summed E-state index contributed by atoms with van der Waals surface area (Å²) in [5, 5.41) is 6.32. The zero-order valence-electron chi connectivity index (χ0n) is 19.6. The predicted molar refractivity (Wildman–Crippen MR) is 123 cm³/mol. The third kappa shape index (κ3) is 10.3. The maximum absolute atomic E-state index is 11.6. The van der Waals surface area contributed by atoms with Crippen LogP contribution in [0.15, 0.2) is 0 Å². The molecule has 2 saturated heterocycles. The molecule has 30 heavy (non-hydrogen) atoms. The topological polar surface area (TPSA) is 64.7 Å². The first-order valence-corrected chi connectivity index (χ1v) is 12.6. The highest BCUT2D eigenvalue weighted by Crippen LogP contribution is 2.14. The second kappa shape index (κ2) is 14.8. The Kier molecular flexibility index (Phi) is 12.4. The van der Waals surface area contributed by atoms with Crippen molar-refractivity contribution in [3.63, 3.8) is 0 Å². The summed E-state index contributed by atoms with van der Waals surface area (Å²) < 4.78 is 0. The summed E-state index contributed by atoms with van der Waals surface area (Å²) in [5.74, 6) is 0.375. The molecule has 2 aliphatic rings. The van der Waals surface area contributed by atoms with Gasteiger partial charge in [-0.1, -0.05) is 39.5 Å². The molecule has 0 aromatic heterocycles. The van der Waals surface area contributed by atoms with Crippen LogP contribution in [0.4, 0.5) is 0 Å². The molecular weight excluding hydrogens is 376 g/mol. The van der Waals surface area contributed by atoms with Crippen LogP contribution in [-0.4, -0.2) is 73.0 Å². The lowest BCUT2D eigenvalue weighted by Crippen LogP contribution is -2.47. The van der Waals surface area contributed by atoms with Gasteiger partial charge < -0.3 is 20.4 Å². The van der Waals surface area contributed by atoms with Crippen molar-refractivity contribution in [2.45, 2.75) is 103 Å². The fourth-order valence-corrected chi connectivity index (χ4v) is 4.79. The van der Waals surface area contributed by atoms with Gasteiger partial charge in [0.05, 0.1) is 0 Å². The molecule has 0 bridgehead atoms. The van der Waals surface area contributed by atoms with Crippen molar-refractivity contribution < 1.29 is 9.59 Å². The van der Waals surface area contributed by atoms with Gasteiger partial charge in [0.15, 0.2) is 0 Å². The largest absolute Gasteiger partial charge is 0.352 e. The molecule has 0 spiro atoms. The van der Waals surface area contributed by atoms with Crippen LogP contribution >= 0.6 is 0 Å². The lowest BCUT2D eigenvalue weighted by Gasteiger charge is -2.33. The summed E-state index contributed by atoms with van der Waals surface area (Å²) in [5.41, 5.74) is 0. The Hall–Kier alpha value is -1.14. The van der Waals surface area contributed by atoms with Crippen molar-refractivity contribution in [1.82, 2.24) is 20.4 Å². The average Bonchev–Trinajstić information content (AvgIpc) is 2.76. The normalized spacial score (nSPS) is 23.3. The van der Waals surface area contributed by atoms with Crippen molar-refractivity contribution in [3.05, 3.63) is 0 Å². The molecule has 2 rings (SSSR count). The third-order valence-corrected chi connectivity index (χ3v) is 6.58. The van der Waals surface area contributed by atoms with Crippen molar-refractivity contribution in [1.29, 1.82) is 0 Å². The SMILES string of the molecule is CCC(=O)N[C@H]1CCCN(CCCCCCCCN2CCC[C@H](NC(=O)CC)C2)C1. The minimum absolute atomic E-state index is 0.188. The molecule has 0 saturated carbocycles. The van der Waals surface area contributed by atoms with E-state index in [0.717, 1.165) is 25.9 Å². The Labute approximate surface area is 184 Å². The number of piperidine rings is 2. The molecule has 0 unspecified atom stereocenters. The first kappa shape index (κ1) is 25.1. The van der Waals surface area contributed by atoms with Crippen LogP contribution in [0, 0.1) is 0 Å². The summed E-state index contributed by atoms with van der Waals surface area (Å²) in [6.07, 6.45) is 13.7. The van der Waals surface area contributed by atoms with E-state index in [9.17, 15) is 9.59 Å². The average molecular weight is 423 g/mol. The van der Waals surface area contributed by atoms with Crippen LogP contribution in [0.3, 0.4) is 0 Å². The number of hydrogen-bond donors (Lipinski definition) is 2. The number of nitrogens with zero attached hydrogens (tertiary/aromatic N) is 2. The molecule has 0 aromatic carbocycles. The monoisotopic (exact) mass is 422 g/mol. The fraction of sp³-hybridized carbons (Fsp3) is 0.917. The van der Waals surface area contributed by atoms with Gasteiger partial charge in [0, 0.05) is 38.0 Å². The van der Waals surface area contributed by atoms with E-state index < -0.39 is 0 Å². The van der Waals surface area contributed by atoms with E-state index in [1.807, 2.05) is 13.8 Å². The Balaban J connectivity index is 1.44. The van der Waals surface area contributed by atoms with E-state index >= 15 is 0 Å². The molecule has 2 heterocycles. The second-order valence-electron chi connectivity index (χ2n) is 9.24. The fourth-order valence-electron chi connectivity index (χ4n) is 4.79. The molecule has 2 N–H and O–H groups in total.